The molecule has 28 heavy (non-hydrogen) atoms. The molecule has 10 heteroatoms. The number of nitrogens with zero attached hydrogens (tertiary/aromatic N) is 3. The molecule has 2 aromatic rings. The summed E-state index contributed by atoms with van der Waals surface area (Å²) in [7, 11) is -0.645. The summed E-state index contributed by atoms with van der Waals surface area (Å²) in [5, 5.41) is 0. The Labute approximate surface area is 163 Å². The molecule has 0 spiro atoms. The molecular formula is C18H22N4O5S. The largest absolute Gasteiger partial charge is 0.497 e. The van der Waals surface area contributed by atoms with Crippen LogP contribution in [0.2, 0.25) is 0 Å². The number of aromatic nitrogens is 2. The van der Waals surface area contributed by atoms with E-state index in [0.717, 1.165) is 10.00 Å². The standard InChI is InChI=1S/C18H22N4O5S/c1-4-9-27-20-18(23)17-10-16-15(19-12-21(16)2)11-22(17)28(24,25)14-7-5-13(26-3)6-8-14/h4-8,12,17H,1,9-11H2,2-3H3,(H,20,23)/t17-/m1/s1. The van der Waals surface area contributed by atoms with Gasteiger partial charge in [0.2, 0.25) is 10.0 Å². The number of sulfonamides is 1. The summed E-state index contributed by atoms with van der Waals surface area (Å²) in [6, 6.07) is 5.05. The van der Waals surface area contributed by atoms with Crippen molar-refractivity contribution in [1.29, 1.82) is 0 Å². The van der Waals surface area contributed by atoms with Crippen LogP contribution in [0.1, 0.15) is 11.4 Å². The first-order valence-electron chi connectivity index (χ1n) is 8.56. The number of rotatable bonds is 7. The lowest BCUT2D eigenvalue weighted by Gasteiger charge is -2.33. The summed E-state index contributed by atoms with van der Waals surface area (Å²) in [5.74, 6) is -0.0116. The second kappa shape index (κ2) is 8.13. The fourth-order valence-electron chi connectivity index (χ4n) is 3.04. The molecule has 3 rings (SSSR count). The second-order valence-corrected chi connectivity index (χ2v) is 8.15. The summed E-state index contributed by atoms with van der Waals surface area (Å²) in [4.78, 5) is 22.0. The predicted molar refractivity (Wildman–Crippen MR) is 101 cm³/mol. The van der Waals surface area contributed by atoms with Crippen molar-refractivity contribution in [2.75, 3.05) is 13.7 Å². The topological polar surface area (TPSA) is 103 Å². The first-order chi connectivity index (χ1) is 13.4. The van der Waals surface area contributed by atoms with Gasteiger partial charge in [-0.2, -0.15) is 4.31 Å². The summed E-state index contributed by atoms with van der Waals surface area (Å²) in [6.07, 6.45) is 3.27. The smallest absolute Gasteiger partial charge is 0.262 e. The van der Waals surface area contributed by atoms with Gasteiger partial charge in [0.15, 0.2) is 0 Å². The number of hydrogen-bond acceptors (Lipinski definition) is 6. The molecule has 1 aliphatic heterocycles. The van der Waals surface area contributed by atoms with Crippen molar-refractivity contribution in [3.8, 4) is 5.75 Å². The van der Waals surface area contributed by atoms with E-state index in [1.807, 2.05) is 7.05 Å². The summed E-state index contributed by atoms with van der Waals surface area (Å²) < 4.78 is 34.5. The fourth-order valence-corrected chi connectivity index (χ4v) is 4.59. The van der Waals surface area contributed by atoms with Gasteiger partial charge < -0.3 is 9.30 Å². The summed E-state index contributed by atoms with van der Waals surface area (Å²) >= 11 is 0. The summed E-state index contributed by atoms with van der Waals surface area (Å²) in [6.45, 7) is 3.61. The highest BCUT2D eigenvalue weighted by atomic mass is 32.2. The van der Waals surface area contributed by atoms with Gasteiger partial charge in [-0.3, -0.25) is 9.63 Å². The lowest BCUT2D eigenvalue weighted by molar-refractivity contribution is -0.137. The second-order valence-electron chi connectivity index (χ2n) is 6.26. The number of carbonyl (C=O) groups excluding carboxylic acids is 1. The number of hydroxylamine groups is 1. The van der Waals surface area contributed by atoms with Crippen molar-refractivity contribution < 1.29 is 22.8 Å². The molecule has 0 saturated heterocycles. The van der Waals surface area contributed by atoms with Crippen molar-refractivity contribution in [3.05, 3.63) is 54.6 Å². The molecule has 9 nitrogen and oxygen atoms in total. The van der Waals surface area contributed by atoms with Gasteiger partial charge in [0.25, 0.3) is 5.91 Å². The minimum atomic E-state index is -3.95. The molecule has 0 bridgehead atoms. The maximum atomic E-state index is 13.3. The molecule has 1 aromatic heterocycles. The number of nitrogens with one attached hydrogen (secondary N) is 1. The number of carbonyl (C=O) groups is 1. The van der Waals surface area contributed by atoms with Crippen molar-refractivity contribution >= 4 is 15.9 Å². The van der Waals surface area contributed by atoms with Crippen LogP contribution in [-0.4, -0.2) is 47.9 Å². The van der Waals surface area contributed by atoms with Crippen LogP contribution in [0.3, 0.4) is 0 Å². The van der Waals surface area contributed by atoms with Gasteiger partial charge in [-0.05, 0) is 24.3 Å². The zero-order chi connectivity index (χ0) is 20.3. The molecule has 0 aliphatic carbocycles. The van der Waals surface area contributed by atoms with E-state index in [4.69, 9.17) is 9.57 Å². The minimum Gasteiger partial charge on any atom is -0.497 e. The van der Waals surface area contributed by atoms with E-state index in [-0.39, 0.29) is 24.5 Å². The Kier molecular flexibility index (Phi) is 5.82. The monoisotopic (exact) mass is 406 g/mol. The molecule has 150 valence electrons. The van der Waals surface area contributed by atoms with Crippen LogP contribution in [0.25, 0.3) is 0 Å². The lowest BCUT2D eigenvalue weighted by Crippen LogP contribution is -2.52. The van der Waals surface area contributed by atoms with E-state index in [0.29, 0.717) is 11.4 Å². The van der Waals surface area contributed by atoms with Gasteiger partial charge in [-0.15, -0.1) is 6.58 Å². The molecular weight excluding hydrogens is 384 g/mol. The Balaban J connectivity index is 1.96. The van der Waals surface area contributed by atoms with Gasteiger partial charge in [0, 0.05) is 19.2 Å². The van der Waals surface area contributed by atoms with Crippen LogP contribution >= 0.6 is 0 Å². The van der Waals surface area contributed by atoms with Gasteiger partial charge in [-0.1, -0.05) is 6.08 Å². The van der Waals surface area contributed by atoms with E-state index in [2.05, 4.69) is 17.0 Å². The number of imidazole rings is 1. The zero-order valence-electron chi connectivity index (χ0n) is 15.7. The number of aryl methyl sites for hydroxylation is 1. The molecule has 1 atom stereocenters. The predicted octanol–water partition coefficient (Wildman–Crippen LogP) is 0.778. The van der Waals surface area contributed by atoms with E-state index < -0.39 is 22.0 Å². The lowest BCUT2D eigenvalue weighted by atomic mass is 10.0. The third-order valence-electron chi connectivity index (χ3n) is 4.53. The summed E-state index contributed by atoms with van der Waals surface area (Å²) in [5.41, 5.74) is 3.73. The number of ether oxygens (including phenoxy) is 1. The van der Waals surface area contributed by atoms with Crippen molar-refractivity contribution in [2.45, 2.75) is 23.9 Å². The number of amides is 1. The molecule has 2 heterocycles. The SMILES string of the molecule is C=CCONC(=O)[C@H]1Cc2c(ncn2C)CN1S(=O)(=O)c1ccc(OC)cc1. The number of methoxy groups -OCH3 is 1. The van der Waals surface area contributed by atoms with Crippen LogP contribution in [0.15, 0.2) is 48.1 Å². The highest BCUT2D eigenvalue weighted by Gasteiger charge is 2.41. The van der Waals surface area contributed by atoms with E-state index in [1.165, 1.54) is 25.3 Å². The van der Waals surface area contributed by atoms with Crippen LogP contribution in [-0.2, 0) is 39.7 Å². The average molecular weight is 406 g/mol. The fraction of sp³-hybridized carbons (Fsp3) is 0.333. The number of benzene rings is 1. The van der Waals surface area contributed by atoms with E-state index >= 15 is 0 Å². The first kappa shape index (κ1) is 20.1. The van der Waals surface area contributed by atoms with E-state index in [9.17, 15) is 13.2 Å². The Morgan fingerprint density at radius 2 is 2.11 bits per heavy atom. The first-order valence-corrected chi connectivity index (χ1v) is 10.00. The van der Waals surface area contributed by atoms with Crippen LogP contribution in [0.4, 0.5) is 0 Å². The zero-order valence-corrected chi connectivity index (χ0v) is 16.5. The number of fused-ring (bicyclic) bond motifs is 1. The van der Waals surface area contributed by atoms with Crippen LogP contribution in [0, 0.1) is 0 Å². The van der Waals surface area contributed by atoms with Crippen LogP contribution in [0.5, 0.6) is 5.75 Å². The van der Waals surface area contributed by atoms with Crippen LogP contribution < -0.4 is 10.2 Å². The Morgan fingerprint density at radius 3 is 2.75 bits per heavy atom. The minimum absolute atomic E-state index is 0.00984. The van der Waals surface area contributed by atoms with Gasteiger partial charge in [0.1, 0.15) is 11.8 Å². The van der Waals surface area contributed by atoms with Crippen molar-refractivity contribution in [2.24, 2.45) is 7.05 Å². The highest BCUT2D eigenvalue weighted by molar-refractivity contribution is 7.89. The maximum Gasteiger partial charge on any atom is 0.262 e. The maximum absolute atomic E-state index is 13.3. The number of hydrogen-bond donors (Lipinski definition) is 1. The Bertz CT molecular complexity index is 968. The molecule has 1 amide bonds. The molecule has 0 radical (unpaired) electrons. The third kappa shape index (κ3) is 3.79. The molecule has 0 saturated carbocycles. The molecule has 0 unspecified atom stereocenters. The van der Waals surface area contributed by atoms with Crippen molar-refractivity contribution in [3.63, 3.8) is 0 Å². The molecule has 1 aliphatic rings. The Morgan fingerprint density at radius 1 is 1.39 bits per heavy atom. The third-order valence-corrected chi connectivity index (χ3v) is 6.40. The molecule has 1 N–H and O–H groups in total. The quantitative estimate of drug-likeness (QED) is 0.414. The van der Waals surface area contributed by atoms with Gasteiger partial charge in [0.05, 0.1) is 37.2 Å². The average Bonchev–Trinajstić information content (AvgIpc) is 3.07. The van der Waals surface area contributed by atoms with E-state index in [1.54, 1.807) is 23.0 Å². The molecule has 0 fully saturated rings. The van der Waals surface area contributed by atoms with Gasteiger partial charge in [-0.25, -0.2) is 18.9 Å². The normalized spacial score (nSPS) is 17.0. The highest BCUT2D eigenvalue weighted by Crippen LogP contribution is 2.29. The van der Waals surface area contributed by atoms with Crippen molar-refractivity contribution in [1.82, 2.24) is 19.3 Å². The molecule has 1 aromatic carbocycles. The van der Waals surface area contributed by atoms with Gasteiger partial charge >= 0.3 is 0 Å². The Hall–Kier alpha value is -2.69.